The standard InChI is InChI=1S/C14H17NO7/c1-12-11(16)7-20-13(12,2)14(17,8-21-12)9-3-5-10(6-4-9)22-15(18)19/h3-6,11,16-17H,7-8H2,1-2H3/t11-,12-,13+,14+/m1/s1. The van der Waals surface area contributed by atoms with Gasteiger partial charge >= 0.3 is 0 Å². The monoisotopic (exact) mass is 311 g/mol. The summed E-state index contributed by atoms with van der Waals surface area (Å²) >= 11 is 0. The fourth-order valence-corrected chi connectivity index (χ4v) is 3.26. The summed E-state index contributed by atoms with van der Waals surface area (Å²) in [5.74, 6) is 0.0524. The number of benzene rings is 1. The fourth-order valence-electron chi connectivity index (χ4n) is 3.26. The highest BCUT2D eigenvalue weighted by atomic mass is 17.0. The third-order valence-corrected chi connectivity index (χ3v) is 4.99. The molecule has 1 aromatic carbocycles. The molecular formula is C14H17NO7. The predicted molar refractivity (Wildman–Crippen MR) is 72.7 cm³/mol. The molecule has 2 aliphatic rings. The smallest absolute Gasteiger partial charge is 0.299 e. The van der Waals surface area contributed by atoms with Crippen molar-refractivity contribution in [2.24, 2.45) is 0 Å². The zero-order valence-corrected chi connectivity index (χ0v) is 12.2. The normalized spacial score (nSPS) is 40.5. The van der Waals surface area contributed by atoms with Gasteiger partial charge < -0.3 is 19.7 Å². The van der Waals surface area contributed by atoms with Crippen LogP contribution in [-0.2, 0) is 15.1 Å². The van der Waals surface area contributed by atoms with E-state index in [1.807, 2.05) is 0 Å². The molecule has 3 rings (SSSR count). The highest BCUT2D eigenvalue weighted by Gasteiger charge is 2.72. The average molecular weight is 311 g/mol. The van der Waals surface area contributed by atoms with E-state index in [0.717, 1.165) is 0 Å². The van der Waals surface area contributed by atoms with Crippen LogP contribution in [0.5, 0.6) is 5.75 Å². The van der Waals surface area contributed by atoms with E-state index < -0.39 is 28.0 Å². The largest absolute Gasteiger partial charge is 0.388 e. The van der Waals surface area contributed by atoms with Crippen LogP contribution in [0.4, 0.5) is 0 Å². The Morgan fingerprint density at radius 2 is 1.95 bits per heavy atom. The molecule has 2 saturated heterocycles. The molecule has 2 aliphatic heterocycles. The second-order valence-corrected chi connectivity index (χ2v) is 5.96. The Balaban J connectivity index is 1.96. The van der Waals surface area contributed by atoms with Crippen LogP contribution >= 0.6 is 0 Å². The van der Waals surface area contributed by atoms with Crippen LogP contribution in [0.2, 0.25) is 0 Å². The lowest BCUT2D eigenvalue weighted by Crippen LogP contribution is -2.58. The summed E-state index contributed by atoms with van der Waals surface area (Å²) in [5, 5.41) is 30.6. The van der Waals surface area contributed by atoms with Crippen molar-refractivity contribution in [2.75, 3.05) is 13.2 Å². The Hall–Kier alpha value is -1.74. The zero-order chi connectivity index (χ0) is 16.2. The van der Waals surface area contributed by atoms with E-state index in [1.54, 1.807) is 13.8 Å². The van der Waals surface area contributed by atoms with E-state index in [9.17, 15) is 20.3 Å². The van der Waals surface area contributed by atoms with Gasteiger partial charge in [0.15, 0.2) is 0 Å². The molecule has 1 aromatic rings. The molecule has 0 bridgehead atoms. The number of nitrogens with zero attached hydrogens (tertiary/aromatic N) is 1. The lowest BCUT2D eigenvalue weighted by atomic mass is 9.72. The third-order valence-electron chi connectivity index (χ3n) is 4.99. The van der Waals surface area contributed by atoms with Gasteiger partial charge in [-0.2, -0.15) is 0 Å². The molecule has 2 fully saturated rings. The van der Waals surface area contributed by atoms with E-state index in [0.29, 0.717) is 5.56 Å². The van der Waals surface area contributed by atoms with E-state index in [1.165, 1.54) is 24.3 Å². The lowest BCUT2D eigenvalue weighted by Gasteiger charge is -2.41. The van der Waals surface area contributed by atoms with E-state index >= 15 is 0 Å². The molecule has 4 atom stereocenters. The molecule has 0 amide bonds. The SMILES string of the molecule is C[C@]12OC[C@@H](O)[C@@]1(C)OC[C@]2(O)c1ccc(O[N+](=O)[O-])cc1. The number of hydrogen-bond donors (Lipinski definition) is 2. The summed E-state index contributed by atoms with van der Waals surface area (Å²) in [5.41, 5.74) is -3.17. The van der Waals surface area contributed by atoms with Crippen molar-refractivity contribution in [1.29, 1.82) is 0 Å². The number of aliphatic hydroxyl groups is 2. The predicted octanol–water partition coefficient (Wildman–Crippen LogP) is 0.383. The van der Waals surface area contributed by atoms with Gasteiger partial charge in [-0.15, -0.1) is 10.1 Å². The number of aliphatic hydroxyl groups excluding tert-OH is 1. The molecule has 0 unspecified atom stereocenters. The fraction of sp³-hybridized carbons (Fsp3) is 0.571. The van der Waals surface area contributed by atoms with Gasteiger partial charge in [-0.3, -0.25) is 4.84 Å². The summed E-state index contributed by atoms with van der Waals surface area (Å²) in [6.07, 6.45) is -0.844. The highest BCUT2D eigenvalue weighted by molar-refractivity contribution is 5.36. The number of hydrogen-bond acceptors (Lipinski definition) is 7. The summed E-state index contributed by atoms with van der Waals surface area (Å²) < 4.78 is 11.4. The van der Waals surface area contributed by atoms with Crippen molar-refractivity contribution in [3.05, 3.63) is 39.9 Å². The quantitative estimate of drug-likeness (QED) is 0.613. The van der Waals surface area contributed by atoms with Crippen LogP contribution in [0, 0.1) is 10.1 Å². The van der Waals surface area contributed by atoms with Crippen molar-refractivity contribution in [1.82, 2.24) is 0 Å². The molecule has 8 nitrogen and oxygen atoms in total. The Kier molecular flexibility index (Phi) is 3.19. The maximum Gasteiger partial charge on any atom is 0.299 e. The molecule has 0 radical (unpaired) electrons. The van der Waals surface area contributed by atoms with Gasteiger partial charge in [0.25, 0.3) is 5.09 Å². The van der Waals surface area contributed by atoms with Gasteiger partial charge in [0.1, 0.15) is 28.7 Å². The van der Waals surface area contributed by atoms with Crippen LogP contribution in [-0.4, -0.2) is 45.8 Å². The molecule has 0 aliphatic carbocycles. The first-order valence-corrected chi connectivity index (χ1v) is 6.84. The van der Waals surface area contributed by atoms with Gasteiger partial charge in [0, 0.05) is 0 Å². The molecule has 0 spiro atoms. The zero-order valence-electron chi connectivity index (χ0n) is 12.2. The summed E-state index contributed by atoms with van der Waals surface area (Å²) in [7, 11) is 0. The molecule has 8 heteroatoms. The molecule has 0 saturated carbocycles. The van der Waals surface area contributed by atoms with Crippen LogP contribution < -0.4 is 4.84 Å². The first kappa shape index (κ1) is 15.2. The average Bonchev–Trinajstić information content (AvgIpc) is 2.82. The van der Waals surface area contributed by atoms with Crippen LogP contribution in [0.15, 0.2) is 24.3 Å². The lowest BCUT2D eigenvalue weighted by molar-refractivity contribution is -0.711. The van der Waals surface area contributed by atoms with Gasteiger partial charge in [0.2, 0.25) is 0 Å². The van der Waals surface area contributed by atoms with Crippen molar-refractivity contribution in [2.45, 2.75) is 36.8 Å². The maximum atomic E-state index is 11.1. The van der Waals surface area contributed by atoms with E-state index in [4.69, 9.17) is 9.47 Å². The first-order valence-electron chi connectivity index (χ1n) is 6.84. The van der Waals surface area contributed by atoms with Crippen LogP contribution in [0.3, 0.4) is 0 Å². The topological polar surface area (TPSA) is 111 Å². The minimum absolute atomic E-state index is 0.0491. The first-order chi connectivity index (χ1) is 10.2. The highest BCUT2D eigenvalue weighted by Crippen LogP contribution is 2.55. The van der Waals surface area contributed by atoms with E-state index in [2.05, 4.69) is 4.84 Å². The minimum atomic E-state index is -1.48. The Morgan fingerprint density at radius 3 is 2.55 bits per heavy atom. The van der Waals surface area contributed by atoms with E-state index in [-0.39, 0.29) is 19.0 Å². The summed E-state index contributed by atoms with van der Waals surface area (Å²) in [4.78, 5) is 14.7. The third kappa shape index (κ3) is 1.78. The van der Waals surface area contributed by atoms with Gasteiger partial charge in [-0.25, -0.2) is 0 Å². The van der Waals surface area contributed by atoms with Crippen LogP contribution in [0.1, 0.15) is 19.4 Å². The number of rotatable bonds is 3. The van der Waals surface area contributed by atoms with Crippen molar-refractivity contribution in [3.8, 4) is 5.75 Å². The van der Waals surface area contributed by atoms with Crippen LogP contribution in [0.25, 0.3) is 0 Å². The number of ether oxygens (including phenoxy) is 2. The Bertz CT molecular complexity index is 606. The molecule has 120 valence electrons. The maximum absolute atomic E-state index is 11.1. The molecule has 0 aromatic heterocycles. The van der Waals surface area contributed by atoms with Crippen molar-refractivity contribution < 1.29 is 29.6 Å². The Morgan fingerprint density at radius 1 is 1.32 bits per heavy atom. The molecule has 2 heterocycles. The van der Waals surface area contributed by atoms with Crippen molar-refractivity contribution in [3.63, 3.8) is 0 Å². The number of fused-ring (bicyclic) bond motifs is 1. The molecule has 22 heavy (non-hydrogen) atoms. The molecule has 2 N–H and O–H groups in total. The Labute approximate surface area is 126 Å². The van der Waals surface area contributed by atoms with Gasteiger partial charge in [-0.1, -0.05) is 12.1 Å². The second-order valence-electron chi connectivity index (χ2n) is 5.96. The minimum Gasteiger partial charge on any atom is -0.388 e. The van der Waals surface area contributed by atoms with Gasteiger partial charge in [0.05, 0.1) is 13.2 Å². The summed E-state index contributed by atoms with van der Waals surface area (Å²) in [6.45, 7) is 3.41. The van der Waals surface area contributed by atoms with Crippen molar-refractivity contribution >= 4 is 0 Å². The summed E-state index contributed by atoms with van der Waals surface area (Å²) in [6, 6.07) is 5.82. The molecular weight excluding hydrogens is 294 g/mol. The second kappa shape index (κ2) is 4.63. The van der Waals surface area contributed by atoms with Gasteiger partial charge in [-0.05, 0) is 31.5 Å².